The number of rotatable bonds is 48. The number of hydrogen-bond donors (Lipinski definition) is 0. The molecule has 55 heavy (non-hydrogen) atoms. The van der Waals surface area contributed by atoms with Gasteiger partial charge in [0, 0.05) is 0 Å². The minimum atomic E-state index is 1.37. The van der Waals surface area contributed by atoms with Gasteiger partial charge in [-0.25, -0.2) is 0 Å². The normalized spacial score (nSPS) is 12.3. The van der Waals surface area contributed by atoms with Crippen LogP contribution in [0.4, 0.5) is 0 Å². The van der Waals surface area contributed by atoms with Gasteiger partial charge in [-0.3, -0.25) is 0 Å². The van der Waals surface area contributed by atoms with Crippen molar-refractivity contribution >= 4 is 0 Å². The summed E-state index contributed by atoms with van der Waals surface area (Å²) in [6.45, 7) is 26.0. The molecule has 2 heteroatoms. The van der Waals surface area contributed by atoms with E-state index in [1.54, 1.807) is 0 Å². The van der Waals surface area contributed by atoms with Crippen LogP contribution in [0.3, 0.4) is 0 Å². The average Bonchev–Trinajstić information content (AvgIpc) is 3.19. The van der Waals surface area contributed by atoms with Crippen LogP contribution in [-0.4, -0.2) is 61.3 Å². The van der Waals surface area contributed by atoms with Gasteiger partial charge in [-0.15, -0.1) is 0 Å². The number of quaternary nitrogens is 2. The second kappa shape index (κ2) is 43.5. The lowest BCUT2D eigenvalue weighted by atomic mass is 10.0. The van der Waals surface area contributed by atoms with Crippen LogP contribution in [0.1, 0.15) is 292 Å². The Balaban J connectivity index is 5.72. The van der Waals surface area contributed by atoms with Crippen LogP contribution >= 0.6 is 0 Å². The molecule has 0 saturated carbocycles. The van der Waals surface area contributed by atoms with Gasteiger partial charge in [-0.05, 0) is 96.3 Å². The lowest BCUT2D eigenvalue weighted by Gasteiger charge is -2.41. The van der Waals surface area contributed by atoms with E-state index in [1.807, 2.05) is 0 Å². The summed E-state index contributed by atoms with van der Waals surface area (Å²) in [7, 11) is 0. The van der Waals surface area contributed by atoms with Crippen LogP contribution in [0.25, 0.3) is 0 Å². The number of nitrogens with zero attached hydrogens (tertiary/aromatic N) is 2. The van der Waals surface area contributed by atoms with E-state index in [0.29, 0.717) is 0 Å². The van der Waals surface area contributed by atoms with Crippen LogP contribution in [0.2, 0.25) is 0 Å². The largest absolute Gasteiger partial charge is 0.324 e. The fraction of sp³-hybridized carbons (Fsp3) is 1.00. The molecule has 332 valence electrons. The third-order valence-electron chi connectivity index (χ3n) is 13.7. The van der Waals surface area contributed by atoms with Crippen molar-refractivity contribution < 1.29 is 8.97 Å². The summed E-state index contributed by atoms with van der Waals surface area (Å²) in [5.41, 5.74) is 0. The predicted molar refractivity (Wildman–Crippen MR) is 254 cm³/mol. The number of unbranched alkanes of at least 4 members (excludes halogenated alkanes) is 32. The summed E-state index contributed by atoms with van der Waals surface area (Å²) < 4.78 is 2.95. The van der Waals surface area contributed by atoms with E-state index in [4.69, 9.17) is 0 Å². The first-order chi connectivity index (χ1) is 27.1. The van der Waals surface area contributed by atoms with Gasteiger partial charge in [-0.1, -0.05) is 196 Å². The molecule has 0 aliphatic carbocycles. The highest BCUT2D eigenvalue weighted by Crippen LogP contribution is 2.23. The zero-order chi connectivity index (χ0) is 40.2. The molecule has 2 nitrogen and oxygen atoms in total. The second-order valence-corrected chi connectivity index (χ2v) is 19.1. The molecule has 0 N–H and O–H groups in total. The second-order valence-electron chi connectivity index (χ2n) is 19.1. The van der Waals surface area contributed by atoms with Crippen molar-refractivity contribution in [1.29, 1.82) is 0 Å². The molecule has 0 amide bonds. The zero-order valence-electron chi connectivity index (χ0n) is 40.1. The summed E-state index contributed by atoms with van der Waals surface area (Å²) >= 11 is 0. The predicted octanol–water partition coefficient (Wildman–Crippen LogP) is 18.0. The Labute approximate surface area is 352 Å². The molecule has 0 saturated heterocycles. The van der Waals surface area contributed by atoms with E-state index < -0.39 is 0 Å². The Kier molecular flexibility index (Phi) is 43.4. The van der Waals surface area contributed by atoms with Crippen LogP contribution in [0.5, 0.6) is 0 Å². The molecule has 0 aromatic rings. The highest BCUT2D eigenvalue weighted by Gasteiger charge is 2.28. The van der Waals surface area contributed by atoms with Gasteiger partial charge in [0.05, 0.1) is 52.4 Å². The maximum Gasteiger partial charge on any atom is 0.0786 e. The van der Waals surface area contributed by atoms with E-state index >= 15 is 0 Å². The molecule has 0 atom stereocenters. The van der Waals surface area contributed by atoms with Crippen LogP contribution in [-0.2, 0) is 0 Å². The smallest absolute Gasteiger partial charge is 0.0786 e. The van der Waals surface area contributed by atoms with Gasteiger partial charge in [0.2, 0.25) is 0 Å². The molecular formula is C53H112N2+2. The summed E-state index contributed by atoms with van der Waals surface area (Å²) in [4.78, 5) is 0. The molecule has 0 unspecified atom stereocenters. The van der Waals surface area contributed by atoms with Crippen molar-refractivity contribution in [1.82, 2.24) is 0 Å². The molecule has 0 bridgehead atoms. The lowest BCUT2D eigenvalue weighted by molar-refractivity contribution is -0.931. The molecule has 0 spiro atoms. The van der Waals surface area contributed by atoms with Gasteiger partial charge in [0.1, 0.15) is 0 Å². The zero-order valence-corrected chi connectivity index (χ0v) is 40.1. The van der Waals surface area contributed by atoms with Crippen LogP contribution < -0.4 is 0 Å². The molecule has 0 radical (unpaired) electrons. The van der Waals surface area contributed by atoms with Crippen molar-refractivity contribution in [3.05, 3.63) is 0 Å². The Morgan fingerprint density at radius 1 is 0.145 bits per heavy atom. The van der Waals surface area contributed by atoms with E-state index in [0.717, 1.165) is 0 Å². The quantitative estimate of drug-likeness (QED) is 0.0426. The monoisotopic (exact) mass is 777 g/mol. The SMILES string of the molecule is CCCCCCCC[N+](CCCCCCCC)(CCCCCCCC)CCCCC[N+](CCCCCCCC)(CCCCCCCC)CCCCCCCC. The standard InChI is InChI=1S/C53H112N2/c1-7-13-19-25-31-38-46-54(47-39-32-26-20-14-8-2,48-40-33-27-21-15-9-3)52-44-37-45-53-55(49-41-34-28-22-16-10-4,50-42-35-29-23-17-11-5)51-43-36-30-24-18-12-6/h7-53H2,1-6H3/q+2. The highest BCUT2D eigenvalue weighted by molar-refractivity contribution is 4.58. The first kappa shape index (κ1) is 54.9. The van der Waals surface area contributed by atoms with E-state index in [-0.39, 0.29) is 0 Å². The maximum atomic E-state index is 2.36. The van der Waals surface area contributed by atoms with E-state index in [1.165, 1.54) is 312 Å². The van der Waals surface area contributed by atoms with E-state index in [2.05, 4.69) is 41.5 Å². The Morgan fingerprint density at radius 3 is 0.400 bits per heavy atom. The summed E-state index contributed by atoms with van der Waals surface area (Å²) in [5.74, 6) is 0. The first-order valence-electron chi connectivity index (χ1n) is 26.8. The summed E-state index contributed by atoms with van der Waals surface area (Å²) in [6.07, 6.45) is 56.5. The molecule has 0 heterocycles. The van der Waals surface area contributed by atoms with Crippen molar-refractivity contribution in [3.8, 4) is 0 Å². The highest BCUT2D eigenvalue weighted by atomic mass is 15.4. The van der Waals surface area contributed by atoms with Crippen molar-refractivity contribution in [2.75, 3.05) is 52.4 Å². The van der Waals surface area contributed by atoms with Crippen molar-refractivity contribution in [3.63, 3.8) is 0 Å². The van der Waals surface area contributed by atoms with Gasteiger partial charge in [-0.2, -0.15) is 0 Å². The number of hydrogen-bond acceptors (Lipinski definition) is 0. The summed E-state index contributed by atoms with van der Waals surface area (Å²) in [6, 6.07) is 0. The minimum absolute atomic E-state index is 1.37. The van der Waals surface area contributed by atoms with Crippen LogP contribution in [0, 0.1) is 0 Å². The van der Waals surface area contributed by atoms with Gasteiger partial charge >= 0.3 is 0 Å². The van der Waals surface area contributed by atoms with Gasteiger partial charge in [0.15, 0.2) is 0 Å². The maximum absolute atomic E-state index is 2.36. The Bertz CT molecular complexity index is 563. The van der Waals surface area contributed by atoms with Crippen molar-refractivity contribution in [2.24, 2.45) is 0 Å². The fourth-order valence-electron chi connectivity index (χ4n) is 9.78. The molecule has 0 aromatic carbocycles. The lowest BCUT2D eigenvalue weighted by Crippen LogP contribution is -2.51. The molecule has 0 aliphatic heterocycles. The minimum Gasteiger partial charge on any atom is -0.324 e. The third-order valence-corrected chi connectivity index (χ3v) is 13.7. The summed E-state index contributed by atoms with van der Waals surface area (Å²) in [5, 5.41) is 0. The topological polar surface area (TPSA) is 0 Å². The van der Waals surface area contributed by atoms with Crippen LogP contribution in [0.15, 0.2) is 0 Å². The van der Waals surface area contributed by atoms with Gasteiger partial charge in [0.25, 0.3) is 0 Å². The fourth-order valence-corrected chi connectivity index (χ4v) is 9.78. The Hall–Kier alpha value is -0.0800. The average molecular weight is 777 g/mol. The Morgan fingerprint density at radius 2 is 0.255 bits per heavy atom. The molecular weight excluding hydrogens is 665 g/mol. The van der Waals surface area contributed by atoms with Crippen molar-refractivity contribution in [2.45, 2.75) is 292 Å². The third kappa shape index (κ3) is 35.6. The molecule has 0 aliphatic rings. The molecule has 0 rings (SSSR count). The molecule has 0 aromatic heterocycles. The van der Waals surface area contributed by atoms with Gasteiger partial charge < -0.3 is 8.97 Å². The molecule has 0 fully saturated rings. The first-order valence-corrected chi connectivity index (χ1v) is 26.8. The van der Waals surface area contributed by atoms with E-state index in [9.17, 15) is 0 Å².